The number of allylic oxidation sites excluding steroid dienone is 16. The third-order valence-corrected chi connectivity index (χ3v) is 13.6. The first-order valence-electron chi connectivity index (χ1n) is 31.7. The summed E-state index contributed by atoms with van der Waals surface area (Å²) in [6, 6.07) is 0. The average molecular weight is 1040 g/mol. The Morgan fingerprint density at radius 2 is 0.520 bits per heavy atom. The molecule has 0 aromatic carbocycles. The van der Waals surface area contributed by atoms with Crippen LogP contribution in [0.25, 0.3) is 0 Å². The lowest BCUT2D eigenvalue weighted by atomic mass is 10.0. The molecule has 0 bridgehead atoms. The fraction of sp³-hybridized carbons (Fsp3) is 0.725. The van der Waals surface area contributed by atoms with Gasteiger partial charge in [-0.2, -0.15) is 0 Å². The fourth-order valence-electron chi connectivity index (χ4n) is 8.83. The Kier molecular flexibility index (Phi) is 59.8. The van der Waals surface area contributed by atoms with Gasteiger partial charge < -0.3 is 14.2 Å². The Balaban J connectivity index is 4.43. The van der Waals surface area contributed by atoms with Crippen LogP contribution < -0.4 is 0 Å². The highest BCUT2D eigenvalue weighted by Gasteiger charge is 2.19. The number of unbranched alkanes of at least 4 members (excludes halogenated alkanes) is 30. The van der Waals surface area contributed by atoms with E-state index in [0.29, 0.717) is 19.3 Å². The largest absolute Gasteiger partial charge is 0.462 e. The normalized spacial score (nSPS) is 12.7. The SMILES string of the molecule is CC/C=C\C/C=C\C/C=C\C/C=C\C/C=C\C/C=C\C/C=C\CCCCCC(=O)OCC(COC(=O)CCCCCCCCCCCCCCCCC)OC(=O)CCCCCCCCC/C=C\CCCCCCCC. The Hall–Kier alpha value is -3.67. The molecule has 0 saturated heterocycles. The topological polar surface area (TPSA) is 78.9 Å². The first kappa shape index (κ1) is 71.3. The molecule has 0 aromatic rings. The predicted molar refractivity (Wildman–Crippen MR) is 325 cm³/mol. The quantitative estimate of drug-likeness (QED) is 0.0261. The highest BCUT2D eigenvalue weighted by atomic mass is 16.6. The van der Waals surface area contributed by atoms with Crippen LogP contribution in [0.15, 0.2) is 97.2 Å². The van der Waals surface area contributed by atoms with E-state index >= 15 is 0 Å². The number of rotatable bonds is 57. The highest BCUT2D eigenvalue weighted by molar-refractivity contribution is 5.71. The summed E-state index contributed by atoms with van der Waals surface area (Å²) in [5.41, 5.74) is 0. The lowest BCUT2D eigenvalue weighted by Gasteiger charge is -2.18. The molecule has 0 saturated carbocycles. The Bertz CT molecular complexity index is 1480. The second-order valence-electron chi connectivity index (χ2n) is 20.9. The van der Waals surface area contributed by atoms with E-state index in [4.69, 9.17) is 14.2 Å². The van der Waals surface area contributed by atoms with E-state index in [2.05, 4.69) is 118 Å². The number of esters is 3. The van der Waals surface area contributed by atoms with E-state index in [1.54, 1.807) is 0 Å². The zero-order valence-corrected chi connectivity index (χ0v) is 49.3. The molecule has 0 aliphatic rings. The van der Waals surface area contributed by atoms with Crippen molar-refractivity contribution in [2.75, 3.05) is 13.2 Å². The molecule has 0 aliphatic heterocycles. The summed E-state index contributed by atoms with van der Waals surface area (Å²) < 4.78 is 16.9. The maximum absolute atomic E-state index is 12.9. The van der Waals surface area contributed by atoms with E-state index in [-0.39, 0.29) is 31.1 Å². The molecule has 6 nitrogen and oxygen atoms in total. The zero-order valence-electron chi connectivity index (χ0n) is 49.3. The first-order valence-corrected chi connectivity index (χ1v) is 31.7. The molecule has 0 aliphatic carbocycles. The van der Waals surface area contributed by atoms with Crippen molar-refractivity contribution in [3.8, 4) is 0 Å². The standard InChI is InChI=1S/C69H118O6/c1-4-7-10-13-16-19-22-25-28-30-31-32-33-34-35-36-37-39-41-44-47-50-53-56-59-62-68(71)74-65-66(64-73-67(70)61-58-55-52-49-46-43-40-27-24-21-18-15-12-9-6-3)75-69(72)63-60-57-54-51-48-45-42-38-29-26-23-20-17-14-11-8-5-2/h7,10,16,19,25-26,28-29,31-32,34-35,37,39,44,47,66H,4-6,8-9,11-15,17-18,20-24,27,30,33,36,38,40-43,45-46,48-65H2,1-3H3/b10-7-,19-16-,28-25-,29-26-,32-31-,35-34-,39-37-,47-44-. The molecule has 6 heteroatoms. The molecule has 0 aromatic heterocycles. The van der Waals surface area contributed by atoms with Gasteiger partial charge in [0.15, 0.2) is 6.10 Å². The van der Waals surface area contributed by atoms with Crippen molar-refractivity contribution in [3.63, 3.8) is 0 Å². The Morgan fingerprint density at radius 1 is 0.280 bits per heavy atom. The van der Waals surface area contributed by atoms with Gasteiger partial charge >= 0.3 is 17.9 Å². The summed E-state index contributed by atoms with van der Waals surface area (Å²) in [7, 11) is 0. The van der Waals surface area contributed by atoms with Crippen molar-refractivity contribution in [3.05, 3.63) is 97.2 Å². The minimum absolute atomic E-state index is 0.0876. The third kappa shape index (κ3) is 61.1. The smallest absolute Gasteiger partial charge is 0.306 e. The van der Waals surface area contributed by atoms with Crippen LogP contribution in [0, 0.1) is 0 Å². The summed E-state index contributed by atoms with van der Waals surface area (Å²) >= 11 is 0. The summed E-state index contributed by atoms with van der Waals surface area (Å²) in [6.07, 6.45) is 84.0. The number of hydrogen-bond acceptors (Lipinski definition) is 6. The van der Waals surface area contributed by atoms with E-state index in [0.717, 1.165) is 109 Å². The number of ether oxygens (including phenoxy) is 3. The molecule has 0 fully saturated rings. The van der Waals surface area contributed by atoms with E-state index in [9.17, 15) is 14.4 Å². The van der Waals surface area contributed by atoms with Gasteiger partial charge in [-0.15, -0.1) is 0 Å². The maximum atomic E-state index is 12.9. The van der Waals surface area contributed by atoms with Gasteiger partial charge in [0.1, 0.15) is 13.2 Å². The Morgan fingerprint density at radius 3 is 0.840 bits per heavy atom. The maximum Gasteiger partial charge on any atom is 0.306 e. The molecule has 0 N–H and O–H groups in total. The van der Waals surface area contributed by atoms with Gasteiger partial charge in [0.25, 0.3) is 0 Å². The second kappa shape index (κ2) is 62.9. The summed E-state index contributed by atoms with van der Waals surface area (Å²) in [5.74, 6) is -0.915. The van der Waals surface area contributed by atoms with Crippen molar-refractivity contribution < 1.29 is 28.6 Å². The van der Waals surface area contributed by atoms with Crippen molar-refractivity contribution >= 4 is 17.9 Å². The van der Waals surface area contributed by atoms with E-state index in [1.165, 1.54) is 154 Å². The van der Waals surface area contributed by atoms with Crippen LogP contribution >= 0.6 is 0 Å². The van der Waals surface area contributed by atoms with Gasteiger partial charge in [0.05, 0.1) is 0 Å². The third-order valence-electron chi connectivity index (χ3n) is 13.6. The van der Waals surface area contributed by atoms with Crippen LogP contribution in [0.3, 0.4) is 0 Å². The van der Waals surface area contributed by atoms with Crippen LogP contribution in [-0.2, 0) is 28.6 Å². The van der Waals surface area contributed by atoms with Crippen LogP contribution in [0.2, 0.25) is 0 Å². The van der Waals surface area contributed by atoms with Crippen LogP contribution in [0.5, 0.6) is 0 Å². The van der Waals surface area contributed by atoms with Crippen LogP contribution in [0.1, 0.15) is 303 Å². The lowest BCUT2D eigenvalue weighted by molar-refractivity contribution is -0.167. The molecule has 0 amide bonds. The number of carbonyl (C=O) groups is 3. The van der Waals surface area contributed by atoms with Crippen molar-refractivity contribution in [1.29, 1.82) is 0 Å². The second-order valence-corrected chi connectivity index (χ2v) is 20.9. The zero-order chi connectivity index (χ0) is 54.3. The first-order chi connectivity index (χ1) is 37.0. The minimum atomic E-state index is -0.794. The molecule has 0 radical (unpaired) electrons. The predicted octanol–water partition coefficient (Wildman–Crippen LogP) is 21.7. The summed E-state index contributed by atoms with van der Waals surface area (Å²) in [6.45, 7) is 6.52. The van der Waals surface area contributed by atoms with Crippen molar-refractivity contribution in [2.45, 2.75) is 309 Å². The van der Waals surface area contributed by atoms with Crippen molar-refractivity contribution in [1.82, 2.24) is 0 Å². The molecule has 430 valence electrons. The van der Waals surface area contributed by atoms with Gasteiger partial charge in [-0.05, 0) is 103 Å². The fourth-order valence-corrected chi connectivity index (χ4v) is 8.83. The van der Waals surface area contributed by atoms with Gasteiger partial charge in [-0.25, -0.2) is 0 Å². The average Bonchev–Trinajstić information content (AvgIpc) is 3.41. The Labute approximate surface area is 464 Å². The van der Waals surface area contributed by atoms with Gasteiger partial charge in [-0.1, -0.05) is 279 Å². The molecule has 75 heavy (non-hydrogen) atoms. The highest BCUT2D eigenvalue weighted by Crippen LogP contribution is 2.16. The van der Waals surface area contributed by atoms with Gasteiger partial charge in [-0.3, -0.25) is 14.4 Å². The summed E-state index contributed by atoms with van der Waals surface area (Å²) in [5, 5.41) is 0. The lowest BCUT2D eigenvalue weighted by Crippen LogP contribution is -2.30. The molecule has 0 heterocycles. The molecule has 0 spiro atoms. The van der Waals surface area contributed by atoms with E-state index < -0.39 is 6.10 Å². The molecular weight excluding hydrogens is 925 g/mol. The van der Waals surface area contributed by atoms with Crippen molar-refractivity contribution in [2.24, 2.45) is 0 Å². The van der Waals surface area contributed by atoms with Crippen LogP contribution in [-0.4, -0.2) is 37.2 Å². The van der Waals surface area contributed by atoms with Crippen LogP contribution in [0.4, 0.5) is 0 Å². The molecular formula is C69H118O6. The molecule has 1 atom stereocenters. The summed E-state index contributed by atoms with van der Waals surface area (Å²) in [4.78, 5) is 38.3. The van der Waals surface area contributed by atoms with E-state index in [1.807, 2.05) is 0 Å². The van der Waals surface area contributed by atoms with Gasteiger partial charge in [0, 0.05) is 19.3 Å². The minimum Gasteiger partial charge on any atom is -0.462 e. The van der Waals surface area contributed by atoms with Gasteiger partial charge in [0.2, 0.25) is 0 Å². The molecule has 0 rings (SSSR count). The number of hydrogen-bond donors (Lipinski definition) is 0. The number of carbonyl (C=O) groups excluding carboxylic acids is 3. The monoisotopic (exact) mass is 1040 g/mol. The molecule has 1 unspecified atom stereocenters.